The average molecular weight is 627 g/mol. The maximum Gasteiger partial charge on any atom is 0.250 e. The summed E-state index contributed by atoms with van der Waals surface area (Å²) in [5.41, 5.74) is 23.5. The van der Waals surface area contributed by atoms with E-state index in [2.05, 4.69) is 10.6 Å². The lowest BCUT2D eigenvalue weighted by molar-refractivity contribution is -0.373. The van der Waals surface area contributed by atoms with Crippen molar-refractivity contribution in [2.45, 2.75) is 123 Å². The average Bonchev–Trinajstić information content (AvgIpc) is 2.97. The molecule has 0 aromatic carbocycles. The maximum absolute atomic E-state index is 12.1. The van der Waals surface area contributed by atoms with Gasteiger partial charge in [-0.25, -0.2) is 0 Å². The van der Waals surface area contributed by atoms with Crippen LogP contribution in [0.2, 0.25) is 0 Å². The van der Waals surface area contributed by atoms with Crippen molar-refractivity contribution >= 4 is 5.91 Å². The molecule has 19 nitrogen and oxygen atoms in total. The normalized spacial score (nSPS) is 49.6. The van der Waals surface area contributed by atoms with E-state index in [1.165, 1.54) is 7.05 Å². The molecule has 1 saturated carbocycles. The second-order valence-corrected chi connectivity index (χ2v) is 11.5. The summed E-state index contributed by atoms with van der Waals surface area (Å²) in [5, 5.41) is 78.0. The van der Waals surface area contributed by atoms with Gasteiger partial charge in [-0.05, 0) is 19.9 Å². The van der Waals surface area contributed by atoms with Gasteiger partial charge in [0, 0.05) is 18.6 Å². The summed E-state index contributed by atoms with van der Waals surface area (Å²) in [7, 11) is 1.51. The minimum absolute atomic E-state index is 0.0936. The largest absolute Gasteiger partial charge is 0.394 e. The molecular weight excluding hydrogens is 580 g/mol. The van der Waals surface area contributed by atoms with Crippen LogP contribution in [0.25, 0.3) is 0 Å². The number of ether oxygens (including phenoxy) is 5. The van der Waals surface area contributed by atoms with Crippen molar-refractivity contribution in [3.63, 3.8) is 0 Å². The molecule has 17 N–H and O–H groups in total. The van der Waals surface area contributed by atoms with E-state index in [9.17, 15) is 40.5 Å². The Labute approximate surface area is 247 Å². The molecule has 18 atom stereocenters. The molecule has 1 amide bonds. The van der Waals surface area contributed by atoms with Crippen molar-refractivity contribution in [3.05, 3.63) is 0 Å². The van der Waals surface area contributed by atoms with Crippen LogP contribution >= 0.6 is 0 Å². The van der Waals surface area contributed by atoms with Crippen molar-refractivity contribution in [1.82, 2.24) is 10.6 Å². The van der Waals surface area contributed by atoms with Crippen molar-refractivity contribution in [3.8, 4) is 0 Å². The fourth-order valence-corrected chi connectivity index (χ4v) is 5.97. The molecule has 19 heteroatoms. The van der Waals surface area contributed by atoms with E-state index >= 15 is 0 Å². The van der Waals surface area contributed by atoms with E-state index in [1.807, 2.05) is 0 Å². The Hall–Kier alpha value is -1.21. The van der Waals surface area contributed by atoms with E-state index < -0.39 is 129 Å². The van der Waals surface area contributed by atoms with E-state index in [0.717, 1.165) is 0 Å². The first-order valence-corrected chi connectivity index (χ1v) is 14.2. The second kappa shape index (κ2) is 14.5. The number of hydrogen-bond donors (Lipinski definition) is 13. The van der Waals surface area contributed by atoms with Gasteiger partial charge >= 0.3 is 0 Å². The molecule has 43 heavy (non-hydrogen) atoms. The highest BCUT2D eigenvalue weighted by molar-refractivity contribution is 5.81. The first kappa shape index (κ1) is 34.7. The summed E-state index contributed by atoms with van der Waals surface area (Å²) < 4.78 is 29.4. The van der Waals surface area contributed by atoms with Crippen LogP contribution in [0.3, 0.4) is 0 Å². The predicted octanol–water partition coefficient (Wildman–Crippen LogP) is -8.47. The molecule has 0 aromatic rings. The molecule has 3 heterocycles. The molecule has 4 rings (SSSR count). The second-order valence-electron chi connectivity index (χ2n) is 11.5. The van der Waals surface area contributed by atoms with Crippen molar-refractivity contribution in [1.29, 1.82) is 0 Å². The molecular formula is C24H46N6O13. The van der Waals surface area contributed by atoms with Crippen molar-refractivity contribution in [2.75, 3.05) is 20.2 Å². The number of nitrogens with one attached hydrogen (secondary N) is 2. The standard InChI is InChI=1S/C24H46N6O13/c1-29-13-16(35)20-10(3-8(28)22(42-20)41-19-7(27)2-6(26)14(33)17(19)36)39-23(13)43-24-18(37)15(34)12(11(5-31)40-24)30-21(38)9(32)4-25/h6-20,22-24,29,31-37H,2-5,25-28H2,1H3,(H,30,38)/t6-,7?,8?,9-,10+,11?,12-,13?,14?,15?,16?,17-,18?,19-,20?,22+,23?,24-/m1/s1. The van der Waals surface area contributed by atoms with Gasteiger partial charge in [-0.1, -0.05) is 0 Å². The number of aliphatic hydroxyl groups is 7. The molecule has 0 aromatic heterocycles. The fourth-order valence-electron chi connectivity index (χ4n) is 5.97. The molecule has 0 spiro atoms. The Balaban J connectivity index is 1.42. The van der Waals surface area contributed by atoms with Crippen LogP contribution in [0.1, 0.15) is 12.8 Å². The zero-order valence-corrected chi connectivity index (χ0v) is 23.6. The molecule has 10 unspecified atom stereocenters. The van der Waals surface area contributed by atoms with Crippen LogP contribution in [-0.2, 0) is 28.5 Å². The van der Waals surface area contributed by atoms with Crippen LogP contribution in [0, 0.1) is 0 Å². The number of carbonyl (C=O) groups is 1. The molecule has 4 fully saturated rings. The Kier molecular flexibility index (Phi) is 11.7. The number of fused-ring (bicyclic) bond motifs is 1. The van der Waals surface area contributed by atoms with Crippen LogP contribution in [0.4, 0.5) is 0 Å². The van der Waals surface area contributed by atoms with Gasteiger partial charge in [0.15, 0.2) is 18.9 Å². The Morgan fingerprint density at radius 1 is 0.837 bits per heavy atom. The maximum atomic E-state index is 12.1. The van der Waals surface area contributed by atoms with E-state index in [1.54, 1.807) is 0 Å². The highest BCUT2D eigenvalue weighted by Crippen LogP contribution is 2.35. The minimum Gasteiger partial charge on any atom is -0.394 e. The first-order valence-electron chi connectivity index (χ1n) is 14.2. The van der Waals surface area contributed by atoms with Gasteiger partial charge in [-0.15, -0.1) is 0 Å². The van der Waals surface area contributed by atoms with Crippen LogP contribution in [0.15, 0.2) is 0 Å². The number of carbonyl (C=O) groups excluding carboxylic acids is 1. The minimum atomic E-state index is -1.75. The third-order valence-electron chi connectivity index (χ3n) is 8.52. The zero-order chi connectivity index (χ0) is 31.7. The number of aliphatic hydroxyl groups excluding tert-OH is 7. The smallest absolute Gasteiger partial charge is 0.250 e. The summed E-state index contributed by atoms with van der Waals surface area (Å²) in [6.07, 6.45) is -16.8. The molecule has 0 radical (unpaired) electrons. The lowest BCUT2D eigenvalue weighted by Crippen LogP contribution is -2.70. The molecule has 3 aliphatic heterocycles. The number of nitrogens with two attached hydrogens (primary N) is 4. The third kappa shape index (κ3) is 7.13. The van der Waals surface area contributed by atoms with Gasteiger partial charge in [-0.2, -0.15) is 0 Å². The number of amides is 1. The Morgan fingerprint density at radius 2 is 1.53 bits per heavy atom. The monoisotopic (exact) mass is 626 g/mol. The van der Waals surface area contributed by atoms with Gasteiger partial charge in [0.1, 0.15) is 48.8 Å². The van der Waals surface area contributed by atoms with E-state index in [4.69, 9.17) is 46.6 Å². The van der Waals surface area contributed by atoms with Crippen LogP contribution in [-0.4, -0.2) is 172 Å². The van der Waals surface area contributed by atoms with Gasteiger partial charge in [0.05, 0.1) is 36.9 Å². The Bertz CT molecular complexity index is 925. The number of hydrogen-bond acceptors (Lipinski definition) is 18. The van der Waals surface area contributed by atoms with E-state index in [-0.39, 0.29) is 12.8 Å². The zero-order valence-electron chi connectivity index (χ0n) is 23.6. The van der Waals surface area contributed by atoms with Gasteiger partial charge in [0.2, 0.25) is 0 Å². The molecule has 4 aliphatic rings. The first-order chi connectivity index (χ1) is 20.3. The van der Waals surface area contributed by atoms with Crippen molar-refractivity contribution in [2.24, 2.45) is 22.9 Å². The summed E-state index contributed by atoms with van der Waals surface area (Å²) in [4.78, 5) is 12.1. The molecule has 250 valence electrons. The quantitative estimate of drug-likeness (QED) is 0.113. The highest BCUT2D eigenvalue weighted by atomic mass is 16.8. The molecule has 1 aliphatic carbocycles. The van der Waals surface area contributed by atoms with Gasteiger partial charge in [0.25, 0.3) is 5.91 Å². The predicted molar refractivity (Wildman–Crippen MR) is 142 cm³/mol. The highest BCUT2D eigenvalue weighted by Gasteiger charge is 2.54. The number of rotatable bonds is 9. The Morgan fingerprint density at radius 3 is 2.16 bits per heavy atom. The van der Waals surface area contributed by atoms with Crippen LogP contribution < -0.4 is 33.6 Å². The van der Waals surface area contributed by atoms with E-state index in [0.29, 0.717) is 0 Å². The SMILES string of the molecule is CNC1C(O[C@H]2OC(CO)[C@@H](NC(=O)[C@H](O)CN)C(O)C2O)O[C@H]2CC(N)[C@@H](O[C@@H]3C(N)C[C@@H](N)C(O)[C@H]3O)OC2C1O. The lowest BCUT2D eigenvalue weighted by Gasteiger charge is -2.51. The summed E-state index contributed by atoms with van der Waals surface area (Å²) in [6.45, 7) is -1.09. The van der Waals surface area contributed by atoms with Crippen molar-refractivity contribution < 1.29 is 64.2 Å². The summed E-state index contributed by atoms with van der Waals surface area (Å²) in [5.74, 6) is -0.934. The molecule has 0 bridgehead atoms. The lowest BCUT2D eigenvalue weighted by atomic mass is 9.84. The molecule has 3 saturated heterocycles. The summed E-state index contributed by atoms with van der Waals surface area (Å²) >= 11 is 0. The third-order valence-corrected chi connectivity index (χ3v) is 8.52. The van der Waals surface area contributed by atoms with Crippen LogP contribution in [0.5, 0.6) is 0 Å². The van der Waals surface area contributed by atoms with Gasteiger partial charge in [-0.3, -0.25) is 4.79 Å². The fraction of sp³-hybridized carbons (Fsp3) is 0.958. The number of likely N-dealkylation sites (N-methyl/N-ethyl adjacent to an activating group) is 1. The van der Waals surface area contributed by atoms with Gasteiger partial charge < -0.3 is 93.0 Å². The summed E-state index contributed by atoms with van der Waals surface area (Å²) in [6, 6.07) is -4.55. The topological polar surface area (TPSA) is 333 Å².